The van der Waals surface area contributed by atoms with Gasteiger partial charge < -0.3 is 10.6 Å². The van der Waals surface area contributed by atoms with Gasteiger partial charge in [-0.1, -0.05) is 0 Å². The third kappa shape index (κ3) is 2.09. The number of nitrogens with zero attached hydrogens (tertiary/aromatic N) is 1. The van der Waals surface area contributed by atoms with Crippen LogP contribution in [0.4, 0.5) is 5.69 Å². The van der Waals surface area contributed by atoms with E-state index in [0.717, 1.165) is 17.8 Å². The standard InChI is InChI=1S/C11H14N2OS/c1-2-13-6-8-5-9(12)3-4-10(8)15-7-11(13)14/h3-5H,2,6-7,12H2,1H3. The Labute approximate surface area is 93.6 Å². The lowest BCUT2D eigenvalue weighted by Gasteiger charge is -2.18. The Morgan fingerprint density at radius 3 is 3.07 bits per heavy atom. The number of hydrogen-bond acceptors (Lipinski definition) is 3. The molecule has 4 heteroatoms. The fourth-order valence-corrected chi connectivity index (χ4v) is 2.61. The molecular formula is C11H14N2OS. The van der Waals surface area contributed by atoms with E-state index in [0.29, 0.717) is 12.3 Å². The lowest BCUT2D eigenvalue weighted by atomic mass is 10.2. The molecule has 2 rings (SSSR count). The largest absolute Gasteiger partial charge is 0.399 e. The molecule has 1 aliphatic rings. The summed E-state index contributed by atoms with van der Waals surface area (Å²) in [5.74, 6) is 0.738. The number of nitrogens with two attached hydrogens (primary N) is 1. The molecule has 0 unspecified atom stereocenters. The zero-order valence-corrected chi connectivity index (χ0v) is 9.51. The van der Waals surface area contributed by atoms with Gasteiger partial charge in [0.1, 0.15) is 0 Å². The van der Waals surface area contributed by atoms with E-state index in [4.69, 9.17) is 5.73 Å². The molecule has 0 radical (unpaired) electrons. The molecule has 3 nitrogen and oxygen atoms in total. The summed E-state index contributed by atoms with van der Waals surface area (Å²) in [6.07, 6.45) is 0. The van der Waals surface area contributed by atoms with Crippen molar-refractivity contribution in [2.75, 3.05) is 18.0 Å². The molecule has 1 heterocycles. The highest BCUT2D eigenvalue weighted by atomic mass is 32.2. The van der Waals surface area contributed by atoms with Crippen LogP contribution in [-0.4, -0.2) is 23.1 Å². The van der Waals surface area contributed by atoms with Crippen LogP contribution in [0, 0.1) is 0 Å². The van der Waals surface area contributed by atoms with Crippen LogP contribution in [0.25, 0.3) is 0 Å². The summed E-state index contributed by atoms with van der Waals surface area (Å²) in [6, 6.07) is 5.85. The molecule has 0 fully saturated rings. The molecule has 0 atom stereocenters. The average Bonchev–Trinajstić information content (AvgIpc) is 2.38. The molecule has 1 aromatic rings. The number of carbonyl (C=O) groups excluding carboxylic acids is 1. The minimum atomic E-state index is 0.206. The minimum Gasteiger partial charge on any atom is -0.399 e. The molecule has 80 valence electrons. The van der Waals surface area contributed by atoms with E-state index in [9.17, 15) is 4.79 Å². The first kappa shape index (κ1) is 10.4. The lowest BCUT2D eigenvalue weighted by molar-refractivity contribution is -0.128. The smallest absolute Gasteiger partial charge is 0.233 e. The Hall–Kier alpha value is -1.16. The molecular weight excluding hydrogens is 208 g/mol. The van der Waals surface area contributed by atoms with Gasteiger partial charge in [-0.2, -0.15) is 0 Å². The second-order valence-corrected chi connectivity index (χ2v) is 4.58. The molecule has 0 aromatic heterocycles. The molecule has 0 saturated carbocycles. The zero-order chi connectivity index (χ0) is 10.8. The van der Waals surface area contributed by atoms with Gasteiger partial charge in [0.2, 0.25) is 5.91 Å². The Morgan fingerprint density at radius 2 is 2.33 bits per heavy atom. The van der Waals surface area contributed by atoms with Gasteiger partial charge in [0.05, 0.1) is 5.75 Å². The maximum absolute atomic E-state index is 11.7. The van der Waals surface area contributed by atoms with Crippen molar-refractivity contribution in [3.63, 3.8) is 0 Å². The van der Waals surface area contributed by atoms with Crippen molar-refractivity contribution in [3.8, 4) is 0 Å². The molecule has 1 aliphatic heterocycles. The van der Waals surface area contributed by atoms with Gasteiger partial charge in [0, 0.05) is 23.7 Å². The second-order valence-electron chi connectivity index (χ2n) is 3.56. The summed E-state index contributed by atoms with van der Waals surface area (Å²) < 4.78 is 0. The van der Waals surface area contributed by atoms with Gasteiger partial charge in [-0.3, -0.25) is 4.79 Å². The van der Waals surface area contributed by atoms with E-state index in [-0.39, 0.29) is 5.91 Å². The summed E-state index contributed by atoms with van der Waals surface area (Å²) >= 11 is 1.60. The topological polar surface area (TPSA) is 46.3 Å². The summed E-state index contributed by atoms with van der Waals surface area (Å²) in [6.45, 7) is 3.44. The fourth-order valence-electron chi connectivity index (χ4n) is 1.68. The van der Waals surface area contributed by atoms with Crippen LogP contribution in [0.3, 0.4) is 0 Å². The molecule has 0 saturated heterocycles. The molecule has 1 amide bonds. The van der Waals surface area contributed by atoms with Gasteiger partial charge in [-0.05, 0) is 30.7 Å². The van der Waals surface area contributed by atoms with Gasteiger partial charge in [-0.15, -0.1) is 11.8 Å². The molecule has 0 bridgehead atoms. The number of thioether (sulfide) groups is 1. The average molecular weight is 222 g/mol. The van der Waals surface area contributed by atoms with Crippen LogP contribution in [-0.2, 0) is 11.3 Å². The molecule has 15 heavy (non-hydrogen) atoms. The van der Waals surface area contributed by atoms with E-state index in [1.54, 1.807) is 11.8 Å². The van der Waals surface area contributed by atoms with Gasteiger partial charge in [-0.25, -0.2) is 0 Å². The van der Waals surface area contributed by atoms with E-state index in [1.165, 1.54) is 4.90 Å². The Balaban J connectivity index is 2.34. The number of hydrogen-bond donors (Lipinski definition) is 1. The normalized spacial score (nSPS) is 16.1. The Bertz CT molecular complexity index is 392. The van der Waals surface area contributed by atoms with Crippen molar-refractivity contribution in [3.05, 3.63) is 23.8 Å². The molecule has 0 spiro atoms. The van der Waals surface area contributed by atoms with Crippen molar-refractivity contribution >= 4 is 23.4 Å². The van der Waals surface area contributed by atoms with Gasteiger partial charge >= 0.3 is 0 Å². The van der Waals surface area contributed by atoms with Crippen molar-refractivity contribution in [2.24, 2.45) is 0 Å². The number of amides is 1. The monoisotopic (exact) mass is 222 g/mol. The van der Waals surface area contributed by atoms with Crippen LogP contribution < -0.4 is 5.73 Å². The zero-order valence-electron chi connectivity index (χ0n) is 8.69. The third-order valence-electron chi connectivity index (χ3n) is 2.53. The number of benzene rings is 1. The maximum Gasteiger partial charge on any atom is 0.233 e. The quantitative estimate of drug-likeness (QED) is 0.736. The first-order valence-corrected chi connectivity index (χ1v) is 5.98. The first-order chi connectivity index (χ1) is 7.20. The second kappa shape index (κ2) is 4.14. The Morgan fingerprint density at radius 1 is 1.53 bits per heavy atom. The van der Waals surface area contributed by atoms with Crippen molar-refractivity contribution in [2.45, 2.75) is 18.4 Å². The Kier molecular flexibility index (Phi) is 2.86. The number of carbonyl (C=O) groups is 1. The predicted molar refractivity (Wildman–Crippen MR) is 62.7 cm³/mol. The van der Waals surface area contributed by atoms with Crippen LogP contribution in [0.5, 0.6) is 0 Å². The van der Waals surface area contributed by atoms with Gasteiger partial charge in [0.25, 0.3) is 0 Å². The number of nitrogen functional groups attached to an aromatic ring is 1. The number of rotatable bonds is 1. The van der Waals surface area contributed by atoms with E-state index in [1.807, 2.05) is 30.0 Å². The third-order valence-corrected chi connectivity index (χ3v) is 3.63. The van der Waals surface area contributed by atoms with Crippen LogP contribution in [0.1, 0.15) is 12.5 Å². The highest BCUT2D eigenvalue weighted by Crippen LogP contribution is 2.29. The number of anilines is 1. The minimum absolute atomic E-state index is 0.206. The fraction of sp³-hybridized carbons (Fsp3) is 0.364. The van der Waals surface area contributed by atoms with Gasteiger partial charge in [0.15, 0.2) is 0 Å². The molecule has 0 aliphatic carbocycles. The summed E-state index contributed by atoms with van der Waals surface area (Å²) in [4.78, 5) is 14.7. The summed E-state index contributed by atoms with van der Waals surface area (Å²) in [7, 11) is 0. The highest BCUT2D eigenvalue weighted by molar-refractivity contribution is 8.00. The molecule has 1 aromatic carbocycles. The SMILES string of the molecule is CCN1Cc2cc(N)ccc2SCC1=O. The van der Waals surface area contributed by atoms with Crippen molar-refractivity contribution in [1.29, 1.82) is 0 Å². The lowest BCUT2D eigenvalue weighted by Crippen LogP contribution is -2.30. The first-order valence-electron chi connectivity index (χ1n) is 4.99. The van der Waals surface area contributed by atoms with Crippen molar-refractivity contribution < 1.29 is 4.79 Å². The van der Waals surface area contributed by atoms with Crippen LogP contribution >= 0.6 is 11.8 Å². The maximum atomic E-state index is 11.7. The number of fused-ring (bicyclic) bond motifs is 1. The van der Waals surface area contributed by atoms with E-state index >= 15 is 0 Å². The summed E-state index contributed by atoms with van der Waals surface area (Å²) in [5.41, 5.74) is 7.67. The molecule has 2 N–H and O–H groups in total. The van der Waals surface area contributed by atoms with E-state index < -0.39 is 0 Å². The predicted octanol–water partition coefficient (Wildman–Crippen LogP) is 1.72. The van der Waals surface area contributed by atoms with E-state index in [2.05, 4.69) is 0 Å². The van der Waals surface area contributed by atoms with Crippen LogP contribution in [0.15, 0.2) is 23.1 Å². The summed E-state index contributed by atoms with van der Waals surface area (Å²) in [5, 5.41) is 0. The van der Waals surface area contributed by atoms with Crippen molar-refractivity contribution in [1.82, 2.24) is 4.90 Å². The highest BCUT2D eigenvalue weighted by Gasteiger charge is 2.19. The van der Waals surface area contributed by atoms with Crippen LogP contribution in [0.2, 0.25) is 0 Å².